The lowest BCUT2D eigenvalue weighted by Gasteiger charge is -2.47. The molecule has 0 aliphatic carbocycles. The molecule has 0 radical (unpaired) electrons. The van der Waals surface area contributed by atoms with Crippen molar-refractivity contribution in [1.82, 2.24) is 9.80 Å². The van der Waals surface area contributed by atoms with Crippen LogP contribution in [-0.4, -0.2) is 64.7 Å². The van der Waals surface area contributed by atoms with E-state index in [1.807, 2.05) is 0 Å². The minimum Gasteiger partial charge on any atom is -0.480 e. The minimum absolute atomic E-state index is 0.542. The van der Waals surface area contributed by atoms with Gasteiger partial charge in [-0.3, -0.25) is 14.6 Å². The summed E-state index contributed by atoms with van der Waals surface area (Å²) < 4.78 is 0. The summed E-state index contributed by atoms with van der Waals surface area (Å²) in [5.41, 5.74) is 4.70. The van der Waals surface area contributed by atoms with Crippen molar-refractivity contribution in [2.75, 3.05) is 26.2 Å². The second-order valence-corrected chi connectivity index (χ2v) is 6.81. The van der Waals surface area contributed by atoms with Crippen molar-refractivity contribution < 1.29 is 9.90 Å². The third kappa shape index (κ3) is 3.71. The van der Waals surface area contributed by atoms with Gasteiger partial charge in [-0.2, -0.15) is 0 Å². The summed E-state index contributed by atoms with van der Waals surface area (Å²) in [6.45, 7) is 8.40. The quantitative estimate of drug-likeness (QED) is 0.791. The second kappa shape index (κ2) is 6.41. The molecule has 0 amide bonds. The summed E-state index contributed by atoms with van der Waals surface area (Å²) in [7, 11) is 0. The van der Waals surface area contributed by atoms with Crippen LogP contribution in [0.3, 0.4) is 0 Å². The van der Waals surface area contributed by atoms with Gasteiger partial charge in [-0.15, -0.1) is 0 Å². The van der Waals surface area contributed by atoms with Crippen LogP contribution in [0.5, 0.6) is 0 Å². The number of carboxylic acid groups (broad SMARTS) is 1. The van der Waals surface area contributed by atoms with E-state index in [4.69, 9.17) is 10.8 Å². The zero-order valence-electron chi connectivity index (χ0n) is 12.8. The first-order valence-electron chi connectivity index (χ1n) is 7.90. The Labute approximate surface area is 122 Å². The number of fused-ring (bicyclic) bond motifs is 1. The van der Waals surface area contributed by atoms with Gasteiger partial charge in [0, 0.05) is 25.2 Å². The monoisotopic (exact) mass is 283 g/mol. The van der Waals surface area contributed by atoms with Gasteiger partial charge in [0.25, 0.3) is 0 Å². The molecule has 3 unspecified atom stereocenters. The Morgan fingerprint density at radius 3 is 2.85 bits per heavy atom. The van der Waals surface area contributed by atoms with E-state index >= 15 is 0 Å². The Kier molecular flexibility index (Phi) is 5.04. The molecule has 3 N–H and O–H groups in total. The largest absolute Gasteiger partial charge is 0.480 e. The van der Waals surface area contributed by atoms with Gasteiger partial charge in [-0.05, 0) is 52.6 Å². The Bertz CT molecular complexity index is 346. The Hall–Kier alpha value is -0.650. The number of aliphatic carboxylic acids is 1. The number of hydrogen-bond acceptors (Lipinski definition) is 4. The molecule has 0 spiro atoms. The van der Waals surface area contributed by atoms with E-state index in [0.717, 1.165) is 26.1 Å². The lowest BCUT2D eigenvalue weighted by molar-refractivity contribution is -0.143. The van der Waals surface area contributed by atoms with E-state index in [1.165, 1.54) is 25.8 Å². The Morgan fingerprint density at radius 1 is 1.40 bits per heavy atom. The van der Waals surface area contributed by atoms with E-state index in [9.17, 15) is 4.79 Å². The maximum Gasteiger partial charge on any atom is 0.323 e. The van der Waals surface area contributed by atoms with E-state index in [1.54, 1.807) is 6.92 Å². The number of piperazine rings is 1. The van der Waals surface area contributed by atoms with Crippen LogP contribution in [0.4, 0.5) is 0 Å². The average Bonchev–Trinajstić information content (AvgIpc) is 2.39. The summed E-state index contributed by atoms with van der Waals surface area (Å²) in [5.74, 6) is -0.900. The molecular formula is C15H29N3O2. The topological polar surface area (TPSA) is 69.8 Å². The Morgan fingerprint density at radius 2 is 2.15 bits per heavy atom. The van der Waals surface area contributed by atoms with Gasteiger partial charge in [0.05, 0.1) is 0 Å². The number of piperidine rings is 1. The maximum absolute atomic E-state index is 11.0. The van der Waals surface area contributed by atoms with Crippen LogP contribution < -0.4 is 5.73 Å². The summed E-state index contributed by atoms with van der Waals surface area (Å²) in [5, 5.41) is 9.04. The number of nitrogens with zero attached hydrogens (tertiary/aromatic N) is 2. The molecule has 5 nitrogen and oxygen atoms in total. The normalized spacial score (nSPS) is 31.6. The molecule has 2 heterocycles. The number of carbonyl (C=O) groups is 1. The van der Waals surface area contributed by atoms with Crippen LogP contribution in [0, 0.1) is 0 Å². The average molecular weight is 283 g/mol. The first-order chi connectivity index (χ1) is 9.40. The van der Waals surface area contributed by atoms with Gasteiger partial charge in [0.2, 0.25) is 0 Å². The van der Waals surface area contributed by atoms with Crippen molar-refractivity contribution in [2.24, 2.45) is 5.73 Å². The van der Waals surface area contributed by atoms with Crippen LogP contribution in [0.25, 0.3) is 0 Å². The molecule has 2 aliphatic rings. The molecule has 116 valence electrons. The number of carboxylic acids is 1. The fourth-order valence-electron chi connectivity index (χ4n) is 3.48. The lowest BCUT2D eigenvalue weighted by atomic mass is 9.95. The van der Waals surface area contributed by atoms with E-state index < -0.39 is 11.5 Å². The summed E-state index contributed by atoms with van der Waals surface area (Å²) in [6, 6.07) is 1.28. The third-order valence-corrected chi connectivity index (χ3v) is 4.95. The van der Waals surface area contributed by atoms with Gasteiger partial charge in [-0.1, -0.05) is 6.42 Å². The van der Waals surface area contributed by atoms with E-state index in [-0.39, 0.29) is 0 Å². The molecule has 0 aromatic heterocycles. The maximum atomic E-state index is 11.0. The SMILES string of the molecule is CC1CN2CCCCC2CN1CCCC(C)(N)C(=O)O. The van der Waals surface area contributed by atoms with Crippen molar-refractivity contribution in [1.29, 1.82) is 0 Å². The van der Waals surface area contributed by atoms with Crippen LogP contribution in [0.1, 0.15) is 46.0 Å². The van der Waals surface area contributed by atoms with Gasteiger partial charge >= 0.3 is 5.97 Å². The van der Waals surface area contributed by atoms with Crippen LogP contribution in [0.15, 0.2) is 0 Å². The highest BCUT2D eigenvalue weighted by Gasteiger charge is 2.33. The molecule has 2 rings (SSSR count). The lowest BCUT2D eigenvalue weighted by Crippen LogP contribution is -2.58. The van der Waals surface area contributed by atoms with Crippen molar-refractivity contribution in [3.63, 3.8) is 0 Å². The summed E-state index contributed by atoms with van der Waals surface area (Å²) in [4.78, 5) is 16.2. The fourth-order valence-corrected chi connectivity index (χ4v) is 3.48. The third-order valence-electron chi connectivity index (χ3n) is 4.95. The zero-order chi connectivity index (χ0) is 14.8. The highest BCUT2D eigenvalue weighted by atomic mass is 16.4. The van der Waals surface area contributed by atoms with Crippen molar-refractivity contribution in [2.45, 2.75) is 63.6 Å². The number of rotatable bonds is 5. The summed E-state index contributed by atoms with van der Waals surface area (Å²) in [6.07, 6.45) is 5.40. The fraction of sp³-hybridized carbons (Fsp3) is 0.933. The molecule has 2 fully saturated rings. The highest BCUT2D eigenvalue weighted by Crippen LogP contribution is 2.24. The van der Waals surface area contributed by atoms with E-state index in [0.29, 0.717) is 18.5 Å². The van der Waals surface area contributed by atoms with Gasteiger partial charge in [0.1, 0.15) is 5.54 Å². The highest BCUT2D eigenvalue weighted by molar-refractivity contribution is 5.77. The van der Waals surface area contributed by atoms with Crippen LogP contribution in [-0.2, 0) is 4.79 Å². The minimum atomic E-state index is -1.09. The van der Waals surface area contributed by atoms with Crippen molar-refractivity contribution >= 4 is 5.97 Å². The first-order valence-corrected chi connectivity index (χ1v) is 7.90. The van der Waals surface area contributed by atoms with E-state index in [2.05, 4.69) is 16.7 Å². The van der Waals surface area contributed by atoms with Crippen molar-refractivity contribution in [3.05, 3.63) is 0 Å². The van der Waals surface area contributed by atoms with Gasteiger partial charge in [0.15, 0.2) is 0 Å². The molecule has 2 aliphatic heterocycles. The molecule has 2 saturated heterocycles. The standard InChI is InChI=1S/C15H29N3O2/c1-12-10-18-8-4-3-6-13(18)11-17(12)9-5-7-15(2,16)14(19)20/h12-13H,3-11,16H2,1-2H3,(H,19,20). The smallest absolute Gasteiger partial charge is 0.323 e. The molecule has 20 heavy (non-hydrogen) atoms. The van der Waals surface area contributed by atoms with Gasteiger partial charge < -0.3 is 10.8 Å². The molecule has 0 aromatic rings. The number of hydrogen-bond donors (Lipinski definition) is 2. The molecular weight excluding hydrogens is 254 g/mol. The van der Waals surface area contributed by atoms with Crippen LogP contribution in [0.2, 0.25) is 0 Å². The molecule has 0 aromatic carbocycles. The summed E-state index contributed by atoms with van der Waals surface area (Å²) >= 11 is 0. The Balaban J connectivity index is 1.79. The first kappa shape index (κ1) is 15.7. The second-order valence-electron chi connectivity index (χ2n) is 6.81. The molecule has 0 bridgehead atoms. The van der Waals surface area contributed by atoms with Crippen molar-refractivity contribution in [3.8, 4) is 0 Å². The van der Waals surface area contributed by atoms with Crippen LogP contribution >= 0.6 is 0 Å². The molecule has 5 heteroatoms. The predicted molar refractivity (Wildman–Crippen MR) is 79.7 cm³/mol. The molecule has 0 saturated carbocycles. The predicted octanol–water partition coefficient (Wildman–Crippen LogP) is 1.13. The van der Waals surface area contributed by atoms with Gasteiger partial charge in [-0.25, -0.2) is 0 Å². The number of nitrogens with two attached hydrogens (primary N) is 1. The zero-order valence-corrected chi connectivity index (χ0v) is 12.8. The molecule has 3 atom stereocenters.